The molecule has 0 amide bonds. The van der Waals surface area contributed by atoms with Gasteiger partial charge in [0.2, 0.25) is 0 Å². The van der Waals surface area contributed by atoms with Gasteiger partial charge in [0.1, 0.15) is 5.58 Å². The molecular formula is C52H56IrN2OSi-2. The molecule has 0 aliphatic heterocycles. The van der Waals surface area contributed by atoms with Crippen LogP contribution in [0.2, 0.25) is 19.6 Å². The van der Waals surface area contributed by atoms with Crippen LogP contribution in [0, 0.1) is 18.1 Å². The molecule has 295 valence electrons. The number of hydrogen-bond acceptors (Lipinski definition) is 3. The molecule has 3 aromatic heterocycles. The summed E-state index contributed by atoms with van der Waals surface area (Å²) in [4.78, 5) is 9.48. The Morgan fingerprint density at radius 1 is 0.737 bits per heavy atom. The maximum atomic E-state index is 6.40. The minimum absolute atomic E-state index is 0. The molecule has 1 radical (unpaired) electrons. The van der Waals surface area contributed by atoms with E-state index >= 15 is 0 Å². The quantitative estimate of drug-likeness (QED) is 0.113. The van der Waals surface area contributed by atoms with Crippen molar-refractivity contribution in [3.05, 3.63) is 138 Å². The Labute approximate surface area is 355 Å². The molecule has 0 saturated heterocycles. The summed E-state index contributed by atoms with van der Waals surface area (Å²) < 4.78 is 6.40. The molecule has 2 fully saturated rings. The van der Waals surface area contributed by atoms with E-state index in [0.29, 0.717) is 5.92 Å². The zero-order valence-corrected chi connectivity index (χ0v) is 37.7. The Hall–Kier alpha value is -4.15. The van der Waals surface area contributed by atoms with Gasteiger partial charge in [-0.2, -0.15) is 0 Å². The zero-order valence-electron chi connectivity index (χ0n) is 34.3. The Bertz CT molecular complexity index is 2400. The second kappa shape index (κ2) is 18.2. The fourth-order valence-corrected chi connectivity index (χ4v) is 10.7. The normalized spacial score (nSPS) is 15.1. The third kappa shape index (κ3) is 9.44. The largest absolute Gasteiger partial charge is 0.501 e. The average molecular weight is 945 g/mol. The fraction of sp³-hybridized carbons (Fsp3) is 0.346. The van der Waals surface area contributed by atoms with Gasteiger partial charge in [0, 0.05) is 37.9 Å². The Balaban J connectivity index is 0.000000175. The summed E-state index contributed by atoms with van der Waals surface area (Å²) in [6.07, 6.45) is 17.5. The molecule has 9 rings (SSSR count). The van der Waals surface area contributed by atoms with Crippen LogP contribution in [-0.2, 0) is 26.5 Å². The van der Waals surface area contributed by atoms with Gasteiger partial charge in [-0.05, 0) is 58.1 Å². The number of nitrogens with zero attached hydrogens (tertiary/aromatic N) is 2. The minimum Gasteiger partial charge on any atom is -0.501 e. The van der Waals surface area contributed by atoms with Crippen LogP contribution in [0.15, 0.2) is 114 Å². The molecule has 3 heterocycles. The van der Waals surface area contributed by atoms with Gasteiger partial charge < -0.3 is 14.4 Å². The van der Waals surface area contributed by atoms with Crippen LogP contribution in [0.1, 0.15) is 100 Å². The summed E-state index contributed by atoms with van der Waals surface area (Å²) in [6.45, 7) is 11.8. The standard InChI is InChI=1S/C29H24NO.C23H32NSi.Ir/c1-2-9-22(10-3-1)23-13-14-24-25-11-6-12-26(29(25)31-28(24)19-23)27-18-21(15-16-30-27)17-20-7-4-5-8-20;1-17(2)21-15-22(24-16-23(21)25(3,4)5)20-13-11-19(12-14-20)18-9-7-6-8-10-18;/h1-3,6,9-11,13-16,18-20H,4-5,7-8,17H2;11-13,15-18H,6-10H2,1-5H3;/q2*-1;. The first-order valence-electron chi connectivity index (χ1n) is 21.1. The van der Waals surface area contributed by atoms with Crippen LogP contribution in [-0.4, -0.2) is 18.0 Å². The number of furan rings is 1. The maximum absolute atomic E-state index is 6.40. The molecule has 5 heteroatoms. The molecule has 0 unspecified atom stereocenters. The molecule has 0 N–H and O–H groups in total. The summed E-state index contributed by atoms with van der Waals surface area (Å²) in [6, 6.07) is 41.4. The van der Waals surface area contributed by atoms with Crippen LogP contribution in [0.5, 0.6) is 0 Å². The molecule has 7 aromatic rings. The topological polar surface area (TPSA) is 38.9 Å². The summed E-state index contributed by atoms with van der Waals surface area (Å²) in [5.74, 6) is 2.09. The summed E-state index contributed by atoms with van der Waals surface area (Å²) >= 11 is 0. The van der Waals surface area contributed by atoms with E-state index in [1.807, 2.05) is 18.3 Å². The molecule has 2 aliphatic rings. The smallest absolute Gasteiger partial charge is 0.121 e. The van der Waals surface area contributed by atoms with Crippen molar-refractivity contribution in [3.63, 3.8) is 0 Å². The van der Waals surface area contributed by atoms with Crippen molar-refractivity contribution in [2.45, 2.75) is 110 Å². The first-order chi connectivity index (χ1) is 27.2. The van der Waals surface area contributed by atoms with Gasteiger partial charge in [-0.15, -0.1) is 53.6 Å². The van der Waals surface area contributed by atoms with Crippen molar-refractivity contribution in [2.75, 3.05) is 0 Å². The fourth-order valence-electron chi connectivity index (χ4n) is 9.04. The first kappa shape index (κ1) is 41.0. The molecule has 0 atom stereocenters. The maximum Gasteiger partial charge on any atom is 0.121 e. The minimum atomic E-state index is -1.37. The average Bonchev–Trinajstić information content (AvgIpc) is 3.89. The molecule has 2 aliphatic carbocycles. The SMILES string of the molecule is CC(C)c1cc(-c2[c-]cc(C3CCCCC3)cc2)ncc1[Si](C)(C)C.[Ir].[c-]1ccc2c(oc3cc(-c4ccccc4)ccc32)c1-c1cc(CC2CCCC2)ccn1. The monoisotopic (exact) mass is 945 g/mol. The third-order valence-electron chi connectivity index (χ3n) is 12.2. The first-order valence-corrected chi connectivity index (χ1v) is 24.6. The van der Waals surface area contributed by atoms with Crippen molar-refractivity contribution in [1.82, 2.24) is 9.97 Å². The molecule has 0 bridgehead atoms. The van der Waals surface area contributed by atoms with E-state index in [1.165, 1.54) is 85.2 Å². The van der Waals surface area contributed by atoms with Crippen LogP contribution < -0.4 is 5.19 Å². The van der Waals surface area contributed by atoms with Gasteiger partial charge >= 0.3 is 0 Å². The van der Waals surface area contributed by atoms with E-state index in [-0.39, 0.29) is 20.1 Å². The summed E-state index contributed by atoms with van der Waals surface area (Å²) in [5.41, 5.74) is 12.5. The second-order valence-corrected chi connectivity index (χ2v) is 22.6. The van der Waals surface area contributed by atoms with Crippen LogP contribution in [0.4, 0.5) is 0 Å². The number of hydrogen-bond donors (Lipinski definition) is 0. The van der Waals surface area contributed by atoms with E-state index in [1.54, 1.807) is 0 Å². The number of pyridine rings is 2. The third-order valence-corrected chi connectivity index (χ3v) is 14.2. The van der Waals surface area contributed by atoms with E-state index < -0.39 is 8.07 Å². The molecular weight excluding hydrogens is 889 g/mol. The van der Waals surface area contributed by atoms with Gasteiger partial charge in [0.05, 0.1) is 13.7 Å². The summed E-state index contributed by atoms with van der Waals surface area (Å²) in [7, 11) is -1.37. The van der Waals surface area contributed by atoms with Gasteiger partial charge in [0.15, 0.2) is 0 Å². The Kier molecular flexibility index (Phi) is 13.1. The van der Waals surface area contributed by atoms with Gasteiger partial charge in [0.25, 0.3) is 0 Å². The van der Waals surface area contributed by atoms with Crippen LogP contribution >= 0.6 is 0 Å². The second-order valence-electron chi connectivity index (χ2n) is 17.6. The van der Waals surface area contributed by atoms with Crippen molar-refractivity contribution in [1.29, 1.82) is 0 Å². The number of fused-ring (bicyclic) bond motifs is 3. The predicted molar refractivity (Wildman–Crippen MR) is 238 cm³/mol. The van der Waals surface area contributed by atoms with E-state index in [2.05, 4.69) is 142 Å². The van der Waals surface area contributed by atoms with Gasteiger partial charge in [-0.1, -0.05) is 174 Å². The number of benzene rings is 4. The zero-order chi connectivity index (χ0) is 38.6. The Morgan fingerprint density at radius 2 is 1.51 bits per heavy atom. The molecule has 3 nitrogen and oxygen atoms in total. The number of aromatic nitrogens is 2. The molecule has 0 spiro atoms. The van der Waals surface area contributed by atoms with Crippen LogP contribution in [0.3, 0.4) is 0 Å². The van der Waals surface area contributed by atoms with Gasteiger partial charge in [-0.3, -0.25) is 0 Å². The van der Waals surface area contributed by atoms with Crippen molar-refractivity contribution in [2.24, 2.45) is 5.92 Å². The number of rotatable bonds is 8. The van der Waals surface area contributed by atoms with Crippen molar-refractivity contribution in [3.8, 4) is 33.6 Å². The molecule has 57 heavy (non-hydrogen) atoms. The van der Waals surface area contributed by atoms with Crippen molar-refractivity contribution >= 4 is 35.2 Å². The van der Waals surface area contributed by atoms with Gasteiger partial charge in [-0.25, -0.2) is 0 Å². The Morgan fingerprint density at radius 3 is 2.23 bits per heavy atom. The van der Waals surface area contributed by atoms with Crippen molar-refractivity contribution < 1.29 is 24.5 Å². The van der Waals surface area contributed by atoms with E-state index in [9.17, 15) is 0 Å². The van der Waals surface area contributed by atoms with Crippen LogP contribution in [0.25, 0.3) is 55.6 Å². The summed E-state index contributed by atoms with van der Waals surface area (Å²) in [5, 5.41) is 3.74. The molecule has 4 aromatic carbocycles. The van der Waals surface area contributed by atoms with E-state index in [0.717, 1.165) is 68.3 Å². The van der Waals surface area contributed by atoms with E-state index in [4.69, 9.17) is 9.40 Å². The predicted octanol–water partition coefficient (Wildman–Crippen LogP) is 14.1. The molecule has 2 saturated carbocycles.